The largest absolute Gasteiger partial charge is 0.481 e. The first-order valence-corrected chi connectivity index (χ1v) is 5.98. The van der Waals surface area contributed by atoms with E-state index in [1.54, 1.807) is 13.8 Å². The molecule has 0 aliphatic heterocycles. The van der Waals surface area contributed by atoms with Crippen molar-refractivity contribution in [1.82, 2.24) is 4.90 Å². The molecule has 19 heavy (non-hydrogen) atoms. The maximum absolute atomic E-state index is 13.1. The highest BCUT2D eigenvalue weighted by molar-refractivity contribution is 5.89. The van der Waals surface area contributed by atoms with E-state index in [-0.39, 0.29) is 18.8 Å². The van der Waals surface area contributed by atoms with Crippen LogP contribution in [0.3, 0.4) is 0 Å². The molecule has 0 heterocycles. The zero-order valence-corrected chi connectivity index (χ0v) is 10.9. The molecule has 1 aromatic rings. The van der Waals surface area contributed by atoms with Gasteiger partial charge in [-0.2, -0.15) is 0 Å². The van der Waals surface area contributed by atoms with Gasteiger partial charge < -0.3 is 15.3 Å². The number of halogens is 1. The summed E-state index contributed by atoms with van der Waals surface area (Å²) in [6.07, 6.45) is -0.107. The fourth-order valence-corrected chi connectivity index (χ4v) is 1.56. The Balaban J connectivity index is 2.65. The third kappa shape index (κ3) is 4.57. The average molecular weight is 268 g/mol. The van der Waals surface area contributed by atoms with Gasteiger partial charge in [-0.05, 0) is 37.6 Å². The second-order valence-corrected chi connectivity index (χ2v) is 4.12. The lowest BCUT2D eigenvalue weighted by Gasteiger charge is -2.20. The zero-order chi connectivity index (χ0) is 14.4. The first-order valence-electron chi connectivity index (χ1n) is 5.98. The van der Waals surface area contributed by atoms with Gasteiger partial charge in [-0.15, -0.1) is 0 Å². The number of aryl methyl sites for hydroxylation is 1. The molecule has 0 bridgehead atoms. The van der Waals surface area contributed by atoms with Crippen LogP contribution < -0.4 is 5.32 Å². The predicted molar refractivity (Wildman–Crippen MR) is 69.7 cm³/mol. The van der Waals surface area contributed by atoms with E-state index < -0.39 is 12.0 Å². The van der Waals surface area contributed by atoms with Crippen LogP contribution in [0, 0.1) is 12.7 Å². The van der Waals surface area contributed by atoms with Gasteiger partial charge in [-0.25, -0.2) is 9.18 Å². The van der Waals surface area contributed by atoms with Gasteiger partial charge in [0.25, 0.3) is 0 Å². The number of carboxylic acid groups (broad SMARTS) is 1. The molecule has 6 heteroatoms. The van der Waals surface area contributed by atoms with E-state index in [9.17, 15) is 14.0 Å². The summed E-state index contributed by atoms with van der Waals surface area (Å²) in [6, 6.07) is 3.87. The van der Waals surface area contributed by atoms with Crippen LogP contribution in [0.1, 0.15) is 18.9 Å². The van der Waals surface area contributed by atoms with E-state index in [1.807, 2.05) is 0 Å². The number of anilines is 1. The molecule has 104 valence electrons. The number of hydrogen-bond donors (Lipinski definition) is 2. The summed E-state index contributed by atoms with van der Waals surface area (Å²) >= 11 is 0. The Morgan fingerprint density at radius 3 is 2.63 bits per heavy atom. The molecule has 2 amide bonds. The van der Waals surface area contributed by atoms with E-state index in [0.717, 1.165) is 0 Å². The van der Waals surface area contributed by atoms with Gasteiger partial charge in [0.05, 0.1) is 6.42 Å². The number of urea groups is 1. The molecule has 0 radical (unpaired) electrons. The molecule has 0 aromatic heterocycles. The molecule has 0 fully saturated rings. The van der Waals surface area contributed by atoms with Crippen molar-refractivity contribution in [3.63, 3.8) is 0 Å². The number of carbonyl (C=O) groups excluding carboxylic acids is 1. The maximum Gasteiger partial charge on any atom is 0.321 e. The lowest BCUT2D eigenvalue weighted by Crippen LogP contribution is -2.36. The van der Waals surface area contributed by atoms with Gasteiger partial charge in [0, 0.05) is 18.8 Å². The SMILES string of the molecule is CCN(CCC(=O)O)C(=O)Nc1ccc(F)c(C)c1. The first kappa shape index (κ1) is 14.9. The van der Waals surface area contributed by atoms with Crippen LogP contribution in [0.15, 0.2) is 18.2 Å². The molecule has 0 unspecified atom stereocenters. The van der Waals surface area contributed by atoms with Crippen LogP contribution in [0.25, 0.3) is 0 Å². The van der Waals surface area contributed by atoms with Crippen molar-refractivity contribution in [3.8, 4) is 0 Å². The minimum absolute atomic E-state index is 0.107. The van der Waals surface area contributed by atoms with Crippen molar-refractivity contribution >= 4 is 17.7 Å². The number of nitrogens with zero attached hydrogens (tertiary/aromatic N) is 1. The summed E-state index contributed by atoms with van der Waals surface area (Å²) in [5, 5.41) is 11.2. The van der Waals surface area contributed by atoms with Crippen molar-refractivity contribution in [1.29, 1.82) is 0 Å². The second-order valence-electron chi connectivity index (χ2n) is 4.12. The molecule has 0 atom stereocenters. The van der Waals surface area contributed by atoms with Crippen LogP contribution in [0.4, 0.5) is 14.9 Å². The molecule has 2 N–H and O–H groups in total. The maximum atomic E-state index is 13.1. The molecular weight excluding hydrogens is 251 g/mol. The summed E-state index contributed by atoms with van der Waals surface area (Å²) in [5.41, 5.74) is 0.920. The second kappa shape index (κ2) is 6.72. The van der Waals surface area contributed by atoms with E-state index >= 15 is 0 Å². The molecule has 1 aromatic carbocycles. The third-order valence-electron chi connectivity index (χ3n) is 2.67. The quantitative estimate of drug-likeness (QED) is 0.861. The van der Waals surface area contributed by atoms with E-state index in [2.05, 4.69) is 5.32 Å². The number of amides is 2. The number of nitrogens with one attached hydrogen (secondary N) is 1. The van der Waals surface area contributed by atoms with Gasteiger partial charge in [-0.3, -0.25) is 4.79 Å². The van der Waals surface area contributed by atoms with Crippen LogP contribution in [0.2, 0.25) is 0 Å². The van der Waals surface area contributed by atoms with E-state index in [0.29, 0.717) is 17.8 Å². The van der Waals surface area contributed by atoms with Gasteiger partial charge in [-0.1, -0.05) is 0 Å². The summed E-state index contributed by atoms with van der Waals surface area (Å²) in [4.78, 5) is 23.7. The summed E-state index contributed by atoms with van der Waals surface area (Å²) in [6.45, 7) is 3.90. The Kier molecular flexibility index (Phi) is 5.29. The van der Waals surface area contributed by atoms with Gasteiger partial charge >= 0.3 is 12.0 Å². The Morgan fingerprint density at radius 2 is 2.11 bits per heavy atom. The molecule has 0 saturated heterocycles. The molecule has 0 aliphatic carbocycles. The highest BCUT2D eigenvalue weighted by Crippen LogP contribution is 2.14. The van der Waals surface area contributed by atoms with Gasteiger partial charge in [0.15, 0.2) is 0 Å². The number of carboxylic acids is 1. The monoisotopic (exact) mass is 268 g/mol. The van der Waals surface area contributed by atoms with Crippen LogP contribution in [0.5, 0.6) is 0 Å². The van der Waals surface area contributed by atoms with Crippen LogP contribution in [-0.4, -0.2) is 35.1 Å². The Morgan fingerprint density at radius 1 is 1.42 bits per heavy atom. The van der Waals surface area contributed by atoms with Crippen LogP contribution >= 0.6 is 0 Å². The smallest absolute Gasteiger partial charge is 0.321 e. The standard InChI is InChI=1S/C13H17FN2O3/c1-3-16(7-6-12(17)18)13(19)15-10-4-5-11(14)9(2)8-10/h4-5,8H,3,6-7H2,1-2H3,(H,15,19)(H,17,18). The average Bonchev–Trinajstić information content (AvgIpc) is 2.34. The van der Waals surface area contributed by atoms with Crippen molar-refractivity contribution in [2.75, 3.05) is 18.4 Å². The highest BCUT2D eigenvalue weighted by atomic mass is 19.1. The Hall–Kier alpha value is -2.11. The van der Waals surface area contributed by atoms with Crippen LogP contribution in [-0.2, 0) is 4.79 Å². The number of aliphatic carboxylic acids is 1. The number of carbonyl (C=O) groups is 2. The zero-order valence-electron chi connectivity index (χ0n) is 10.9. The molecule has 0 spiro atoms. The highest BCUT2D eigenvalue weighted by Gasteiger charge is 2.13. The van der Waals surface area contributed by atoms with E-state index in [4.69, 9.17) is 5.11 Å². The van der Waals surface area contributed by atoms with Crippen molar-refractivity contribution in [2.24, 2.45) is 0 Å². The van der Waals surface area contributed by atoms with Gasteiger partial charge in [0.2, 0.25) is 0 Å². The van der Waals surface area contributed by atoms with Gasteiger partial charge in [0.1, 0.15) is 5.82 Å². The number of rotatable bonds is 5. The van der Waals surface area contributed by atoms with Crippen molar-refractivity contribution < 1.29 is 19.1 Å². The fraction of sp³-hybridized carbons (Fsp3) is 0.385. The molecule has 0 saturated carbocycles. The number of hydrogen-bond acceptors (Lipinski definition) is 2. The lowest BCUT2D eigenvalue weighted by atomic mass is 10.2. The molecule has 1 rings (SSSR count). The normalized spacial score (nSPS) is 10.1. The molecular formula is C13H17FN2O3. The minimum Gasteiger partial charge on any atom is -0.481 e. The summed E-state index contributed by atoms with van der Waals surface area (Å²) in [7, 11) is 0. The Labute approximate surface area is 111 Å². The topological polar surface area (TPSA) is 69.6 Å². The summed E-state index contributed by atoms with van der Waals surface area (Å²) < 4.78 is 13.1. The Bertz CT molecular complexity index is 477. The number of benzene rings is 1. The minimum atomic E-state index is -0.955. The third-order valence-corrected chi connectivity index (χ3v) is 2.67. The summed E-state index contributed by atoms with van der Waals surface area (Å²) in [5.74, 6) is -1.29. The fourth-order valence-electron chi connectivity index (χ4n) is 1.56. The molecule has 0 aliphatic rings. The van der Waals surface area contributed by atoms with Crippen molar-refractivity contribution in [2.45, 2.75) is 20.3 Å². The van der Waals surface area contributed by atoms with E-state index in [1.165, 1.54) is 23.1 Å². The lowest BCUT2D eigenvalue weighted by molar-refractivity contribution is -0.137. The first-order chi connectivity index (χ1) is 8.93. The predicted octanol–water partition coefficient (Wildman–Crippen LogP) is 2.46. The molecule has 5 nitrogen and oxygen atoms in total. The van der Waals surface area contributed by atoms with Crippen molar-refractivity contribution in [3.05, 3.63) is 29.6 Å².